The first-order chi connectivity index (χ1) is 11.8. The summed E-state index contributed by atoms with van der Waals surface area (Å²) in [4.78, 5) is 12.1. The van der Waals surface area contributed by atoms with Crippen molar-refractivity contribution in [3.8, 4) is 0 Å². The fourth-order valence-electron chi connectivity index (χ4n) is 2.12. The second kappa shape index (κ2) is 8.68. The quantitative estimate of drug-likeness (QED) is 0.664. The lowest BCUT2D eigenvalue weighted by molar-refractivity contribution is 0.0917. The van der Waals surface area contributed by atoms with E-state index in [-0.39, 0.29) is 5.91 Å². The Morgan fingerprint density at radius 1 is 1.28 bits per heavy atom. The Kier molecular flexibility index (Phi) is 6.60. The van der Waals surface area contributed by atoms with Crippen molar-refractivity contribution in [2.45, 2.75) is 20.0 Å². The summed E-state index contributed by atoms with van der Waals surface area (Å²) in [5.74, 6) is 0.497. The minimum atomic E-state index is -3.39. The molecule has 1 aromatic carbocycles. The summed E-state index contributed by atoms with van der Waals surface area (Å²) in [6.45, 7) is 3.13. The van der Waals surface area contributed by atoms with Gasteiger partial charge in [-0.2, -0.15) is 0 Å². The number of amides is 1. The zero-order valence-electron chi connectivity index (χ0n) is 14.2. The summed E-state index contributed by atoms with van der Waals surface area (Å²) < 4.78 is 35.7. The van der Waals surface area contributed by atoms with E-state index < -0.39 is 10.0 Å². The Hall–Kier alpha value is -2.32. The molecule has 0 unspecified atom stereocenters. The van der Waals surface area contributed by atoms with E-state index in [0.717, 1.165) is 17.6 Å². The van der Waals surface area contributed by atoms with Gasteiger partial charge in [-0.25, -0.2) is 8.42 Å². The molecule has 0 radical (unpaired) electrons. The lowest BCUT2D eigenvalue weighted by Gasteiger charge is -2.10. The van der Waals surface area contributed by atoms with E-state index in [1.54, 1.807) is 31.4 Å². The predicted molar refractivity (Wildman–Crippen MR) is 95.0 cm³/mol. The molecule has 7 nitrogen and oxygen atoms in total. The number of rotatable bonds is 9. The molecule has 0 saturated heterocycles. The van der Waals surface area contributed by atoms with Gasteiger partial charge in [0, 0.05) is 18.7 Å². The summed E-state index contributed by atoms with van der Waals surface area (Å²) in [7, 11) is -3.39. The number of carbonyl (C=O) groups excluding carboxylic acids is 1. The third-order valence-electron chi connectivity index (χ3n) is 3.37. The van der Waals surface area contributed by atoms with Crippen molar-refractivity contribution in [2.75, 3.05) is 24.1 Å². The van der Waals surface area contributed by atoms with Crippen molar-refractivity contribution in [3.05, 3.63) is 53.5 Å². The number of benzene rings is 1. The molecule has 8 heteroatoms. The number of sulfonamides is 1. The molecular formula is C17H22N2O5S. The highest BCUT2D eigenvalue weighted by Gasteiger charge is 2.10. The number of nitrogens with one attached hydrogen (secondary N) is 2. The number of furan rings is 1. The van der Waals surface area contributed by atoms with Gasteiger partial charge in [-0.15, -0.1) is 0 Å². The molecule has 0 bridgehead atoms. The Bertz CT molecular complexity index is 800. The maximum absolute atomic E-state index is 12.1. The van der Waals surface area contributed by atoms with Gasteiger partial charge >= 0.3 is 0 Å². The number of aryl methyl sites for hydroxylation is 1. The monoisotopic (exact) mass is 366 g/mol. The molecule has 136 valence electrons. The van der Waals surface area contributed by atoms with Crippen molar-refractivity contribution in [1.82, 2.24) is 5.32 Å². The van der Waals surface area contributed by atoms with Gasteiger partial charge in [0.1, 0.15) is 12.4 Å². The van der Waals surface area contributed by atoms with Crippen molar-refractivity contribution in [1.29, 1.82) is 0 Å². The zero-order valence-corrected chi connectivity index (χ0v) is 15.1. The lowest BCUT2D eigenvalue weighted by Crippen LogP contribution is -2.25. The highest BCUT2D eigenvalue weighted by Crippen LogP contribution is 2.18. The average molecular weight is 366 g/mol. The molecule has 0 aliphatic rings. The normalized spacial score (nSPS) is 11.3. The summed E-state index contributed by atoms with van der Waals surface area (Å²) in [6.07, 6.45) is 3.32. The summed E-state index contributed by atoms with van der Waals surface area (Å²) in [5, 5.41) is 2.78. The molecule has 2 aromatic rings. The molecule has 0 spiro atoms. The van der Waals surface area contributed by atoms with Gasteiger partial charge in [-0.05, 0) is 43.2 Å². The maximum Gasteiger partial charge on any atom is 0.251 e. The van der Waals surface area contributed by atoms with Gasteiger partial charge < -0.3 is 14.5 Å². The van der Waals surface area contributed by atoms with Crippen LogP contribution < -0.4 is 10.0 Å². The minimum Gasteiger partial charge on any atom is -0.467 e. The highest BCUT2D eigenvalue weighted by atomic mass is 32.2. The number of hydrogen-bond acceptors (Lipinski definition) is 5. The van der Waals surface area contributed by atoms with Crippen molar-refractivity contribution < 1.29 is 22.4 Å². The van der Waals surface area contributed by atoms with Crippen molar-refractivity contribution >= 4 is 21.6 Å². The van der Waals surface area contributed by atoms with E-state index in [4.69, 9.17) is 9.15 Å². The van der Waals surface area contributed by atoms with Crippen LogP contribution >= 0.6 is 0 Å². The van der Waals surface area contributed by atoms with Gasteiger partial charge in [0.2, 0.25) is 10.0 Å². The molecule has 1 amide bonds. The van der Waals surface area contributed by atoms with Crippen molar-refractivity contribution in [2.24, 2.45) is 0 Å². The first kappa shape index (κ1) is 19.0. The Labute approximate surface area is 147 Å². The molecule has 0 saturated carbocycles. The second-order valence-electron chi connectivity index (χ2n) is 5.65. The van der Waals surface area contributed by atoms with Crippen molar-refractivity contribution in [3.63, 3.8) is 0 Å². The first-order valence-corrected chi connectivity index (χ1v) is 9.71. The number of carbonyl (C=O) groups is 1. The molecule has 2 rings (SSSR count). The van der Waals surface area contributed by atoms with Crippen LogP contribution in [0.2, 0.25) is 0 Å². The zero-order chi connectivity index (χ0) is 18.3. The molecule has 1 aromatic heterocycles. The summed E-state index contributed by atoms with van der Waals surface area (Å²) in [6, 6.07) is 8.52. The number of anilines is 1. The highest BCUT2D eigenvalue weighted by molar-refractivity contribution is 7.92. The molecule has 2 N–H and O–H groups in total. The third-order valence-corrected chi connectivity index (χ3v) is 3.96. The molecule has 1 heterocycles. The van der Waals surface area contributed by atoms with Crippen LogP contribution in [0.5, 0.6) is 0 Å². The Morgan fingerprint density at radius 2 is 2.08 bits per heavy atom. The second-order valence-corrected chi connectivity index (χ2v) is 7.39. The largest absolute Gasteiger partial charge is 0.467 e. The van der Waals surface area contributed by atoms with E-state index in [1.165, 1.54) is 6.07 Å². The Morgan fingerprint density at radius 3 is 2.76 bits per heavy atom. The predicted octanol–water partition coefficient (Wildman–Crippen LogP) is 2.30. The number of hydrogen-bond donors (Lipinski definition) is 2. The van der Waals surface area contributed by atoms with Crippen LogP contribution in [0.15, 0.2) is 41.0 Å². The van der Waals surface area contributed by atoms with Gasteiger partial charge in [0.25, 0.3) is 5.91 Å². The molecular weight excluding hydrogens is 344 g/mol. The standard InChI is InChI=1S/C17H22N2O5S/c1-13-6-7-14(11-16(13)19-25(2,21)22)17(20)18-8-4-9-23-12-15-5-3-10-24-15/h3,5-7,10-11,19H,4,8-9,12H2,1-2H3,(H,18,20). The van der Waals surface area contributed by atoms with Crippen LogP contribution in [0.1, 0.15) is 28.1 Å². The third kappa shape index (κ3) is 6.60. The van der Waals surface area contributed by atoms with E-state index in [9.17, 15) is 13.2 Å². The fraction of sp³-hybridized carbons (Fsp3) is 0.353. The van der Waals surface area contributed by atoms with E-state index in [2.05, 4.69) is 10.0 Å². The molecule has 0 aliphatic carbocycles. The van der Waals surface area contributed by atoms with Gasteiger partial charge in [0.15, 0.2) is 0 Å². The van der Waals surface area contributed by atoms with Crippen LogP contribution in [0.3, 0.4) is 0 Å². The first-order valence-electron chi connectivity index (χ1n) is 7.82. The van der Waals surface area contributed by atoms with Gasteiger partial charge in [-0.1, -0.05) is 6.07 Å². The van der Waals surface area contributed by atoms with Gasteiger partial charge in [-0.3, -0.25) is 9.52 Å². The van der Waals surface area contributed by atoms with E-state index >= 15 is 0 Å². The van der Waals surface area contributed by atoms with E-state index in [1.807, 2.05) is 6.07 Å². The fourth-order valence-corrected chi connectivity index (χ4v) is 2.74. The summed E-state index contributed by atoms with van der Waals surface area (Å²) >= 11 is 0. The average Bonchev–Trinajstić information content (AvgIpc) is 3.04. The topological polar surface area (TPSA) is 97.6 Å². The molecule has 0 fully saturated rings. The molecule has 0 atom stereocenters. The van der Waals surface area contributed by atoms with Crippen LogP contribution in [-0.4, -0.2) is 33.7 Å². The van der Waals surface area contributed by atoms with E-state index in [0.29, 0.717) is 37.4 Å². The van der Waals surface area contributed by atoms with Crippen LogP contribution in [0, 0.1) is 6.92 Å². The van der Waals surface area contributed by atoms with Crippen LogP contribution in [0.4, 0.5) is 5.69 Å². The lowest BCUT2D eigenvalue weighted by atomic mass is 10.1. The SMILES string of the molecule is Cc1ccc(C(=O)NCCCOCc2ccco2)cc1NS(C)(=O)=O. The van der Waals surface area contributed by atoms with Crippen LogP contribution in [0.25, 0.3) is 0 Å². The van der Waals surface area contributed by atoms with Crippen LogP contribution in [-0.2, 0) is 21.4 Å². The number of ether oxygens (including phenoxy) is 1. The van der Waals surface area contributed by atoms with Gasteiger partial charge in [0.05, 0.1) is 18.2 Å². The molecule has 25 heavy (non-hydrogen) atoms. The Balaban J connectivity index is 1.77. The minimum absolute atomic E-state index is 0.261. The maximum atomic E-state index is 12.1. The smallest absolute Gasteiger partial charge is 0.251 e. The molecule has 0 aliphatic heterocycles. The summed E-state index contributed by atoms with van der Waals surface area (Å²) in [5.41, 5.74) is 1.54.